The Bertz CT molecular complexity index is 964. The van der Waals surface area contributed by atoms with E-state index >= 15 is 0 Å². The summed E-state index contributed by atoms with van der Waals surface area (Å²) in [6.07, 6.45) is 0.546. The summed E-state index contributed by atoms with van der Waals surface area (Å²) in [5, 5.41) is 4.27. The Balaban J connectivity index is 1.65. The molecule has 134 valence electrons. The van der Waals surface area contributed by atoms with Crippen LogP contribution in [0.25, 0.3) is 11.3 Å². The summed E-state index contributed by atoms with van der Waals surface area (Å²) in [5.74, 6) is -1.10. The molecule has 0 saturated heterocycles. The highest BCUT2D eigenvalue weighted by Crippen LogP contribution is 2.22. The maximum atomic E-state index is 14.0. The summed E-state index contributed by atoms with van der Waals surface area (Å²) < 4.78 is 28.1. The van der Waals surface area contributed by atoms with Gasteiger partial charge in [0.05, 0.1) is 5.69 Å². The van der Waals surface area contributed by atoms with Crippen molar-refractivity contribution < 1.29 is 13.6 Å². The lowest BCUT2D eigenvalue weighted by molar-refractivity contribution is -0.121. The molecule has 1 aromatic heterocycles. The van der Waals surface area contributed by atoms with Crippen molar-refractivity contribution in [1.29, 1.82) is 0 Å². The fourth-order valence-corrected chi connectivity index (χ4v) is 3.31. The van der Waals surface area contributed by atoms with Gasteiger partial charge in [0.2, 0.25) is 5.91 Å². The van der Waals surface area contributed by atoms with Crippen molar-refractivity contribution in [1.82, 2.24) is 9.88 Å². The molecule has 0 spiro atoms. The second-order valence-electron chi connectivity index (χ2n) is 5.68. The first-order valence-corrected chi connectivity index (χ1v) is 8.87. The van der Waals surface area contributed by atoms with Gasteiger partial charge in [0.15, 0.2) is 0 Å². The molecule has 0 aliphatic carbocycles. The van der Waals surface area contributed by atoms with Gasteiger partial charge in [0, 0.05) is 17.5 Å². The molecule has 0 fully saturated rings. The Morgan fingerprint density at radius 2 is 1.81 bits per heavy atom. The van der Waals surface area contributed by atoms with Crippen molar-refractivity contribution in [2.24, 2.45) is 0 Å². The van der Waals surface area contributed by atoms with Gasteiger partial charge in [-0.3, -0.25) is 14.2 Å². The van der Waals surface area contributed by atoms with Gasteiger partial charge in [-0.2, -0.15) is 0 Å². The Kier molecular flexibility index (Phi) is 5.58. The highest BCUT2D eigenvalue weighted by atomic mass is 32.1. The van der Waals surface area contributed by atoms with Crippen LogP contribution in [0.3, 0.4) is 0 Å². The van der Waals surface area contributed by atoms with Crippen LogP contribution in [0.2, 0.25) is 0 Å². The van der Waals surface area contributed by atoms with Gasteiger partial charge < -0.3 is 5.32 Å². The van der Waals surface area contributed by atoms with Gasteiger partial charge in [-0.15, -0.1) is 0 Å². The van der Waals surface area contributed by atoms with Gasteiger partial charge in [-0.05, 0) is 36.2 Å². The van der Waals surface area contributed by atoms with Crippen LogP contribution < -0.4 is 10.2 Å². The highest BCUT2D eigenvalue weighted by Gasteiger charge is 2.15. The van der Waals surface area contributed by atoms with Crippen molar-refractivity contribution in [3.8, 4) is 11.3 Å². The molecule has 1 amide bonds. The summed E-state index contributed by atoms with van der Waals surface area (Å²) in [4.78, 5) is 23.9. The fraction of sp³-hybridized carbons (Fsp3) is 0.158. The summed E-state index contributed by atoms with van der Waals surface area (Å²) in [6.45, 7) is 0.174. The number of nitrogens with one attached hydrogen (secondary N) is 1. The zero-order valence-electron chi connectivity index (χ0n) is 13.7. The minimum Gasteiger partial charge on any atom is -0.354 e. The molecule has 2 aromatic carbocycles. The number of thiazole rings is 1. The third-order valence-corrected chi connectivity index (χ3v) is 4.65. The van der Waals surface area contributed by atoms with Crippen molar-refractivity contribution in [2.45, 2.75) is 13.0 Å². The van der Waals surface area contributed by atoms with Gasteiger partial charge in [-0.25, -0.2) is 8.78 Å². The molecule has 0 radical (unpaired) electrons. The summed E-state index contributed by atoms with van der Waals surface area (Å²) in [6, 6.07) is 12.2. The van der Waals surface area contributed by atoms with E-state index in [1.54, 1.807) is 35.7 Å². The zero-order chi connectivity index (χ0) is 18.5. The van der Waals surface area contributed by atoms with Crippen LogP contribution in [-0.4, -0.2) is 17.0 Å². The number of nitrogens with zero attached hydrogens (tertiary/aromatic N) is 1. The SMILES string of the molecule is O=C(Cn1c(-c2ccccc2F)csc1=O)NCCc1ccc(F)cc1. The van der Waals surface area contributed by atoms with Gasteiger partial charge in [0.25, 0.3) is 0 Å². The molecule has 0 unspecified atom stereocenters. The second kappa shape index (κ2) is 8.05. The molecule has 4 nitrogen and oxygen atoms in total. The molecular weight excluding hydrogens is 358 g/mol. The maximum Gasteiger partial charge on any atom is 0.308 e. The maximum absolute atomic E-state index is 14.0. The first-order chi connectivity index (χ1) is 12.5. The standard InChI is InChI=1S/C19H16F2N2O2S/c20-14-7-5-13(6-8-14)9-10-22-18(24)11-23-17(12-26-19(23)25)15-3-1-2-4-16(15)21/h1-8,12H,9-11H2,(H,22,24). The van der Waals surface area contributed by atoms with E-state index in [1.807, 2.05) is 0 Å². The summed E-state index contributed by atoms with van der Waals surface area (Å²) in [7, 11) is 0. The molecule has 1 heterocycles. The van der Waals surface area contributed by atoms with Gasteiger partial charge >= 0.3 is 4.87 Å². The average Bonchev–Trinajstić information content (AvgIpc) is 2.98. The summed E-state index contributed by atoms with van der Waals surface area (Å²) in [5.41, 5.74) is 1.56. The predicted molar refractivity (Wildman–Crippen MR) is 97.1 cm³/mol. The lowest BCUT2D eigenvalue weighted by Crippen LogP contribution is -2.32. The smallest absolute Gasteiger partial charge is 0.308 e. The quantitative estimate of drug-likeness (QED) is 0.720. The predicted octanol–water partition coefficient (Wildman–Crippen LogP) is 3.21. The number of rotatable bonds is 6. The molecular formula is C19H16F2N2O2S. The fourth-order valence-electron chi connectivity index (χ4n) is 2.56. The van der Waals surface area contributed by atoms with Crippen molar-refractivity contribution >= 4 is 17.2 Å². The largest absolute Gasteiger partial charge is 0.354 e. The molecule has 0 bridgehead atoms. The van der Waals surface area contributed by atoms with Crippen LogP contribution in [-0.2, 0) is 17.8 Å². The van der Waals surface area contributed by atoms with Crippen LogP contribution in [0.4, 0.5) is 8.78 Å². The molecule has 3 rings (SSSR count). The highest BCUT2D eigenvalue weighted by molar-refractivity contribution is 7.07. The van der Waals surface area contributed by atoms with E-state index in [9.17, 15) is 18.4 Å². The number of hydrogen-bond acceptors (Lipinski definition) is 3. The van der Waals surface area contributed by atoms with Crippen LogP contribution >= 0.6 is 11.3 Å². The van der Waals surface area contributed by atoms with Crippen LogP contribution in [0.5, 0.6) is 0 Å². The van der Waals surface area contributed by atoms with Crippen LogP contribution in [0.15, 0.2) is 58.7 Å². The normalized spacial score (nSPS) is 10.7. The first kappa shape index (κ1) is 18.0. The van der Waals surface area contributed by atoms with E-state index < -0.39 is 5.82 Å². The van der Waals surface area contributed by atoms with E-state index in [4.69, 9.17) is 0 Å². The molecule has 26 heavy (non-hydrogen) atoms. The number of benzene rings is 2. The zero-order valence-corrected chi connectivity index (χ0v) is 14.6. The van der Waals surface area contributed by atoms with E-state index in [2.05, 4.69) is 5.32 Å². The van der Waals surface area contributed by atoms with Crippen molar-refractivity contribution in [3.63, 3.8) is 0 Å². The number of carbonyl (C=O) groups excluding carboxylic acids is 1. The Morgan fingerprint density at radius 1 is 1.08 bits per heavy atom. The van der Waals surface area contributed by atoms with Crippen molar-refractivity contribution in [3.05, 3.63) is 80.8 Å². The van der Waals surface area contributed by atoms with E-state index in [0.29, 0.717) is 18.7 Å². The Morgan fingerprint density at radius 3 is 2.54 bits per heavy atom. The number of halogens is 2. The van der Waals surface area contributed by atoms with Crippen LogP contribution in [0, 0.1) is 11.6 Å². The third-order valence-electron chi connectivity index (χ3n) is 3.88. The molecule has 0 aliphatic heterocycles. The monoisotopic (exact) mass is 374 g/mol. The first-order valence-electron chi connectivity index (χ1n) is 7.99. The Hall–Kier alpha value is -2.80. The number of amides is 1. The van der Waals surface area contributed by atoms with E-state index in [0.717, 1.165) is 16.9 Å². The van der Waals surface area contributed by atoms with Crippen molar-refractivity contribution in [2.75, 3.05) is 6.54 Å². The number of hydrogen-bond donors (Lipinski definition) is 1. The topological polar surface area (TPSA) is 51.1 Å². The van der Waals surface area contributed by atoms with Gasteiger partial charge in [-0.1, -0.05) is 35.6 Å². The average molecular weight is 374 g/mol. The summed E-state index contributed by atoms with van der Waals surface area (Å²) >= 11 is 0.924. The molecule has 3 aromatic rings. The molecule has 7 heteroatoms. The minimum atomic E-state index is -0.448. The third kappa shape index (κ3) is 4.23. The van der Waals surface area contributed by atoms with E-state index in [1.165, 1.54) is 22.8 Å². The number of aromatic nitrogens is 1. The minimum absolute atomic E-state index is 0.185. The molecule has 0 saturated carbocycles. The van der Waals surface area contributed by atoms with Gasteiger partial charge in [0.1, 0.15) is 18.2 Å². The lowest BCUT2D eigenvalue weighted by atomic mass is 10.1. The second-order valence-corrected chi connectivity index (χ2v) is 6.50. The molecule has 0 atom stereocenters. The molecule has 0 aliphatic rings. The van der Waals surface area contributed by atoms with Crippen LogP contribution in [0.1, 0.15) is 5.56 Å². The Labute approximate surface area is 152 Å². The molecule has 1 N–H and O–H groups in total. The van der Waals surface area contributed by atoms with E-state index in [-0.39, 0.29) is 28.7 Å². The lowest BCUT2D eigenvalue weighted by Gasteiger charge is -2.09. The number of carbonyl (C=O) groups is 1.